The zero-order chi connectivity index (χ0) is 31.8. The van der Waals surface area contributed by atoms with Crippen molar-refractivity contribution in [3.63, 3.8) is 0 Å². The minimum absolute atomic E-state index is 0.234. The van der Waals surface area contributed by atoms with Crippen LogP contribution in [-0.4, -0.2) is 42.6 Å². The summed E-state index contributed by atoms with van der Waals surface area (Å²) in [6.45, 7) is 8.73. The molecule has 12 heteroatoms. The molecule has 0 saturated carbocycles. The fourth-order valence-electron chi connectivity index (χ4n) is 5.15. The molecule has 0 aliphatic heterocycles. The average Bonchev–Trinajstić information content (AvgIpc) is 3.11. The number of aromatic amines is 1. The van der Waals surface area contributed by atoms with Gasteiger partial charge in [0.1, 0.15) is 18.3 Å². The van der Waals surface area contributed by atoms with Gasteiger partial charge in [0.25, 0.3) is 5.56 Å². The summed E-state index contributed by atoms with van der Waals surface area (Å²) in [5, 5.41) is 14.3. The number of ether oxygens (including phenoxy) is 1. The fraction of sp³-hybridized carbons (Fsp3) is 0.281. The van der Waals surface area contributed by atoms with Crippen molar-refractivity contribution in [1.82, 2.24) is 19.5 Å². The van der Waals surface area contributed by atoms with Gasteiger partial charge in [-0.15, -0.1) is 0 Å². The third-order valence-corrected chi connectivity index (χ3v) is 7.14. The number of nitro groups is 1. The highest BCUT2D eigenvalue weighted by molar-refractivity contribution is 5.78. The van der Waals surface area contributed by atoms with E-state index in [1.165, 1.54) is 6.20 Å². The van der Waals surface area contributed by atoms with E-state index in [0.29, 0.717) is 0 Å². The second-order valence-electron chi connectivity index (χ2n) is 11.5. The number of aromatic nitrogens is 4. The molecule has 226 valence electrons. The Morgan fingerprint density at radius 2 is 1.77 bits per heavy atom. The summed E-state index contributed by atoms with van der Waals surface area (Å²) in [6, 6.07) is 12.1. The maximum absolute atomic E-state index is 13.5. The highest BCUT2D eigenvalue weighted by Crippen LogP contribution is 2.38. The van der Waals surface area contributed by atoms with E-state index < -0.39 is 45.9 Å². The Morgan fingerprint density at radius 3 is 2.43 bits per heavy atom. The Kier molecular flexibility index (Phi) is 8.01. The summed E-state index contributed by atoms with van der Waals surface area (Å²) >= 11 is 0. The first-order chi connectivity index (χ1) is 20.8. The summed E-state index contributed by atoms with van der Waals surface area (Å²) in [6.07, 6.45) is 7.19. The van der Waals surface area contributed by atoms with Crippen molar-refractivity contribution in [3.8, 4) is 5.95 Å². The van der Waals surface area contributed by atoms with Crippen LogP contribution in [0, 0.1) is 17.0 Å². The fourth-order valence-corrected chi connectivity index (χ4v) is 5.15. The number of rotatable bonds is 7. The summed E-state index contributed by atoms with van der Waals surface area (Å²) in [7, 11) is 0. The molecule has 0 fully saturated rings. The van der Waals surface area contributed by atoms with Crippen molar-refractivity contribution in [2.24, 2.45) is 0 Å². The molecular formula is C32H32N6O6. The van der Waals surface area contributed by atoms with E-state index >= 15 is 0 Å². The van der Waals surface area contributed by atoms with Crippen LogP contribution < -0.4 is 16.6 Å². The molecule has 1 unspecified atom stereocenters. The number of esters is 1. The first-order valence-electron chi connectivity index (χ1n) is 14.1. The van der Waals surface area contributed by atoms with Crippen LogP contribution >= 0.6 is 0 Å². The van der Waals surface area contributed by atoms with Gasteiger partial charge in [0.2, 0.25) is 11.8 Å². The molecule has 5 rings (SSSR count). The number of hydrogen-bond donors (Lipinski definition) is 2. The lowest BCUT2D eigenvalue weighted by Gasteiger charge is -2.21. The van der Waals surface area contributed by atoms with Crippen LogP contribution in [0.2, 0.25) is 0 Å². The number of hydrogen-bond acceptors (Lipinski definition) is 9. The van der Waals surface area contributed by atoms with Crippen molar-refractivity contribution < 1.29 is 14.5 Å². The molecule has 2 aromatic heterocycles. The molecule has 0 saturated heterocycles. The molecule has 12 nitrogen and oxygen atoms in total. The molecule has 2 N–H and O–H groups in total. The van der Waals surface area contributed by atoms with Crippen LogP contribution in [-0.2, 0) is 16.0 Å². The van der Waals surface area contributed by atoms with Gasteiger partial charge in [-0.2, -0.15) is 4.98 Å². The van der Waals surface area contributed by atoms with Gasteiger partial charge in [-0.1, -0.05) is 61.0 Å². The Balaban J connectivity index is 1.64. The molecule has 1 aliphatic rings. The Labute approximate surface area is 252 Å². The lowest BCUT2D eigenvalue weighted by atomic mass is 9.82. The van der Waals surface area contributed by atoms with Crippen LogP contribution in [0.25, 0.3) is 18.1 Å². The van der Waals surface area contributed by atoms with Crippen molar-refractivity contribution in [3.05, 3.63) is 119 Å². The van der Waals surface area contributed by atoms with Crippen LogP contribution in [0.1, 0.15) is 72.6 Å². The van der Waals surface area contributed by atoms with Crippen molar-refractivity contribution in [1.29, 1.82) is 0 Å². The van der Waals surface area contributed by atoms with Crippen LogP contribution in [0.5, 0.6) is 0 Å². The van der Waals surface area contributed by atoms with Gasteiger partial charge in [0, 0.05) is 17.7 Å². The average molecular weight is 597 g/mol. The third kappa shape index (κ3) is 6.19. The predicted molar refractivity (Wildman–Crippen MR) is 166 cm³/mol. The number of nitrogens with zero attached hydrogens (tertiary/aromatic N) is 4. The maximum atomic E-state index is 13.5. The zero-order valence-corrected chi connectivity index (χ0v) is 25.0. The smallest absolute Gasteiger partial charge is 0.335 e. The number of fused-ring (bicyclic) bond motifs is 2. The molecule has 0 spiro atoms. The number of carbonyl (C=O) groups is 1. The summed E-state index contributed by atoms with van der Waals surface area (Å²) in [5.74, 6) is -1.74. The molecule has 2 aromatic carbocycles. The SMILES string of the molecule is CCc1ccc2c(c1)C=Cc1cc(C)ccc1C2c1cn(-c2ncc([N+](=O)[O-])c(NCC(=O)OC(C)(C)C)n2)c(=O)[nH]c1=O. The Morgan fingerprint density at radius 1 is 1.09 bits per heavy atom. The zero-order valence-electron chi connectivity index (χ0n) is 25.0. The first-order valence-corrected chi connectivity index (χ1v) is 14.1. The van der Waals surface area contributed by atoms with Gasteiger partial charge in [0.15, 0.2) is 0 Å². The minimum atomic E-state index is -0.830. The number of benzene rings is 2. The van der Waals surface area contributed by atoms with E-state index in [2.05, 4.69) is 33.3 Å². The monoisotopic (exact) mass is 596 g/mol. The standard InChI is InChI=1S/C32H32N6O6/c1-6-19-8-12-23-21(14-19)10-9-20-13-18(2)7-11-22(20)27(23)24-17-37(31(41)36-29(24)40)30-34-15-25(38(42)43)28(35-30)33-16-26(39)44-32(3,4)5/h7-15,17,27H,6,16H2,1-5H3,(H,33,34,35)(H,36,40,41). The lowest BCUT2D eigenvalue weighted by Crippen LogP contribution is -2.33. The van der Waals surface area contributed by atoms with Crippen molar-refractivity contribution in [2.75, 3.05) is 11.9 Å². The van der Waals surface area contributed by atoms with E-state index in [0.717, 1.165) is 50.6 Å². The van der Waals surface area contributed by atoms with Gasteiger partial charge >= 0.3 is 17.3 Å². The second kappa shape index (κ2) is 11.7. The minimum Gasteiger partial charge on any atom is -0.459 e. The van der Waals surface area contributed by atoms with Gasteiger partial charge in [-0.25, -0.2) is 14.3 Å². The molecule has 1 atom stereocenters. The summed E-state index contributed by atoms with van der Waals surface area (Å²) < 4.78 is 6.30. The second-order valence-corrected chi connectivity index (χ2v) is 11.5. The number of anilines is 1. The molecule has 2 heterocycles. The topological polar surface area (TPSA) is 162 Å². The third-order valence-electron chi connectivity index (χ3n) is 7.14. The normalized spacial score (nSPS) is 13.9. The highest BCUT2D eigenvalue weighted by Gasteiger charge is 2.28. The first kappa shape index (κ1) is 30.1. The van der Waals surface area contributed by atoms with E-state index in [4.69, 9.17) is 4.74 Å². The Bertz CT molecular complexity index is 1940. The number of aryl methyl sites for hydroxylation is 2. The largest absolute Gasteiger partial charge is 0.459 e. The molecule has 4 aromatic rings. The van der Waals surface area contributed by atoms with Gasteiger partial charge in [-0.05, 0) is 61.9 Å². The molecule has 0 radical (unpaired) electrons. The number of carbonyl (C=O) groups excluding carboxylic acids is 1. The number of nitrogens with one attached hydrogen (secondary N) is 2. The summed E-state index contributed by atoms with van der Waals surface area (Å²) in [4.78, 5) is 60.5. The van der Waals surface area contributed by atoms with Crippen LogP contribution in [0.15, 0.2) is 58.4 Å². The van der Waals surface area contributed by atoms with Gasteiger partial charge in [-0.3, -0.25) is 24.7 Å². The quantitative estimate of drug-likeness (QED) is 0.156. The van der Waals surface area contributed by atoms with Gasteiger partial charge in [0.05, 0.1) is 4.92 Å². The van der Waals surface area contributed by atoms with Gasteiger partial charge < -0.3 is 10.1 Å². The molecule has 0 amide bonds. The van der Waals surface area contributed by atoms with Crippen molar-refractivity contribution in [2.45, 2.75) is 52.6 Å². The highest BCUT2D eigenvalue weighted by atomic mass is 16.6. The summed E-state index contributed by atoms with van der Waals surface area (Å²) in [5.41, 5.74) is 3.39. The maximum Gasteiger partial charge on any atom is 0.335 e. The van der Waals surface area contributed by atoms with E-state index in [-0.39, 0.29) is 17.3 Å². The van der Waals surface area contributed by atoms with E-state index in [1.54, 1.807) is 20.8 Å². The predicted octanol–water partition coefficient (Wildman–Crippen LogP) is 4.51. The molecular weight excluding hydrogens is 564 g/mol. The number of H-pyrrole nitrogens is 1. The van der Waals surface area contributed by atoms with E-state index in [1.807, 2.05) is 49.4 Å². The molecule has 0 bridgehead atoms. The lowest BCUT2D eigenvalue weighted by molar-refractivity contribution is -0.384. The molecule has 44 heavy (non-hydrogen) atoms. The van der Waals surface area contributed by atoms with Crippen LogP contribution in [0.3, 0.4) is 0 Å². The molecule has 1 aliphatic carbocycles. The Hall–Kier alpha value is -5.39. The van der Waals surface area contributed by atoms with Crippen LogP contribution in [0.4, 0.5) is 11.5 Å². The van der Waals surface area contributed by atoms with E-state index in [9.17, 15) is 24.5 Å². The van der Waals surface area contributed by atoms with Crippen molar-refractivity contribution >= 4 is 29.6 Å².